The predicted molar refractivity (Wildman–Crippen MR) is 66.8 cm³/mol. The highest BCUT2D eigenvalue weighted by molar-refractivity contribution is 5.75. The monoisotopic (exact) mass is 243 g/mol. The molecule has 0 aromatic rings. The molecule has 1 amide bonds. The fourth-order valence-corrected chi connectivity index (χ4v) is 2.18. The molecular formula is C13H25NO3. The molecule has 1 N–H and O–H groups in total. The van der Waals surface area contributed by atoms with Gasteiger partial charge in [-0.15, -0.1) is 0 Å². The molecule has 4 nitrogen and oxygen atoms in total. The lowest BCUT2D eigenvalue weighted by molar-refractivity contribution is -0.133. The molecule has 0 aliphatic carbocycles. The zero-order valence-corrected chi connectivity index (χ0v) is 11.2. The molecule has 100 valence electrons. The molecule has 1 aliphatic rings. The van der Waals surface area contributed by atoms with Crippen LogP contribution in [0.1, 0.15) is 46.0 Å². The second-order valence-electron chi connectivity index (χ2n) is 5.59. The quantitative estimate of drug-likeness (QED) is 0.797. The van der Waals surface area contributed by atoms with Crippen molar-refractivity contribution in [2.24, 2.45) is 0 Å². The Kier molecular flexibility index (Phi) is 5.40. The maximum absolute atomic E-state index is 11.8. The number of carbonyl (C=O) groups excluding carboxylic acids is 1. The van der Waals surface area contributed by atoms with E-state index in [1.807, 2.05) is 0 Å². The average Bonchev–Trinajstić information content (AvgIpc) is 2.25. The Morgan fingerprint density at radius 1 is 1.47 bits per heavy atom. The van der Waals surface area contributed by atoms with E-state index in [0.717, 1.165) is 25.9 Å². The molecule has 1 saturated heterocycles. The van der Waals surface area contributed by atoms with E-state index in [1.165, 1.54) is 6.42 Å². The van der Waals surface area contributed by atoms with E-state index in [4.69, 9.17) is 4.74 Å². The van der Waals surface area contributed by atoms with Gasteiger partial charge in [-0.1, -0.05) is 0 Å². The van der Waals surface area contributed by atoms with Crippen molar-refractivity contribution in [3.05, 3.63) is 0 Å². The minimum Gasteiger partial charge on any atom is -0.389 e. The fraction of sp³-hybridized carbons (Fsp3) is 0.923. The molecule has 0 aromatic carbocycles. The summed E-state index contributed by atoms with van der Waals surface area (Å²) in [6, 6.07) is 0. The van der Waals surface area contributed by atoms with E-state index in [2.05, 4.69) is 0 Å². The maximum Gasteiger partial charge on any atom is 0.222 e. The van der Waals surface area contributed by atoms with Crippen LogP contribution in [0.25, 0.3) is 0 Å². The summed E-state index contributed by atoms with van der Waals surface area (Å²) in [5.74, 6) is 0.0845. The first-order valence-corrected chi connectivity index (χ1v) is 6.46. The highest BCUT2D eigenvalue weighted by atomic mass is 16.5. The van der Waals surface area contributed by atoms with Crippen LogP contribution >= 0.6 is 0 Å². The van der Waals surface area contributed by atoms with E-state index in [1.54, 1.807) is 25.8 Å². The summed E-state index contributed by atoms with van der Waals surface area (Å²) in [6.07, 6.45) is 4.99. The molecule has 4 heteroatoms. The van der Waals surface area contributed by atoms with E-state index in [0.29, 0.717) is 13.0 Å². The summed E-state index contributed by atoms with van der Waals surface area (Å²) in [5, 5.41) is 9.64. The summed E-state index contributed by atoms with van der Waals surface area (Å²) in [4.78, 5) is 13.4. The van der Waals surface area contributed by atoms with Crippen LogP contribution < -0.4 is 0 Å². The Bertz CT molecular complexity index is 242. The first kappa shape index (κ1) is 14.5. The van der Waals surface area contributed by atoms with Crippen LogP contribution in [0.5, 0.6) is 0 Å². The van der Waals surface area contributed by atoms with E-state index in [-0.39, 0.29) is 12.0 Å². The number of amides is 1. The van der Waals surface area contributed by atoms with Gasteiger partial charge in [0.15, 0.2) is 0 Å². The maximum atomic E-state index is 11.8. The number of hydrogen-bond acceptors (Lipinski definition) is 3. The largest absolute Gasteiger partial charge is 0.389 e. The Hall–Kier alpha value is -0.610. The van der Waals surface area contributed by atoms with Gasteiger partial charge in [-0.25, -0.2) is 0 Å². The van der Waals surface area contributed by atoms with E-state index < -0.39 is 5.60 Å². The molecule has 0 radical (unpaired) electrons. The van der Waals surface area contributed by atoms with E-state index in [9.17, 15) is 9.90 Å². The third-order valence-electron chi connectivity index (χ3n) is 3.00. The van der Waals surface area contributed by atoms with Gasteiger partial charge in [-0.05, 0) is 39.5 Å². The molecule has 0 aromatic heterocycles. The van der Waals surface area contributed by atoms with Crippen molar-refractivity contribution in [2.45, 2.75) is 57.7 Å². The van der Waals surface area contributed by atoms with Crippen molar-refractivity contribution in [1.29, 1.82) is 0 Å². The van der Waals surface area contributed by atoms with Crippen molar-refractivity contribution in [1.82, 2.24) is 4.90 Å². The summed E-state index contributed by atoms with van der Waals surface area (Å²) >= 11 is 0. The minimum atomic E-state index is -0.828. The number of carbonyl (C=O) groups is 1. The van der Waals surface area contributed by atoms with E-state index >= 15 is 0 Å². The fourth-order valence-electron chi connectivity index (χ4n) is 2.18. The van der Waals surface area contributed by atoms with Crippen molar-refractivity contribution in [2.75, 3.05) is 20.2 Å². The lowest BCUT2D eigenvalue weighted by Gasteiger charge is -2.27. The number of aliphatic hydroxyl groups is 1. The molecule has 1 unspecified atom stereocenters. The number of nitrogens with zero attached hydrogens (tertiary/aromatic N) is 1. The molecule has 17 heavy (non-hydrogen) atoms. The summed E-state index contributed by atoms with van der Waals surface area (Å²) in [7, 11) is 1.74. The van der Waals surface area contributed by atoms with Crippen LogP contribution in [-0.2, 0) is 9.53 Å². The molecule has 1 aliphatic heterocycles. The average molecular weight is 243 g/mol. The lowest BCUT2D eigenvalue weighted by atomic mass is 10.0. The standard InChI is InChI=1S/C13H25NO3/c1-13(2,16)10-14(3)12(15)8-7-11-6-4-5-9-17-11/h11,16H,4-10H2,1-3H3. The highest BCUT2D eigenvalue weighted by Gasteiger charge is 2.21. The minimum absolute atomic E-state index is 0.0845. The first-order valence-electron chi connectivity index (χ1n) is 6.46. The second kappa shape index (κ2) is 6.36. The Morgan fingerprint density at radius 2 is 2.18 bits per heavy atom. The van der Waals surface area contributed by atoms with Gasteiger partial charge < -0.3 is 14.7 Å². The Morgan fingerprint density at radius 3 is 2.71 bits per heavy atom. The van der Waals surface area contributed by atoms with Gasteiger partial charge in [0.1, 0.15) is 0 Å². The van der Waals surface area contributed by atoms with Gasteiger partial charge in [0, 0.05) is 26.6 Å². The molecule has 1 fully saturated rings. The second-order valence-corrected chi connectivity index (χ2v) is 5.59. The van der Waals surface area contributed by atoms with Crippen molar-refractivity contribution in [3.63, 3.8) is 0 Å². The van der Waals surface area contributed by atoms with Gasteiger partial charge in [0.25, 0.3) is 0 Å². The zero-order valence-electron chi connectivity index (χ0n) is 11.2. The smallest absolute Gasteiger partial charge is 0.222 e. The topological polar surface area (TPSA) is 49.8 Å². The normalized spacial score (nSPS) is 21.3. The molecule has 1 rings (SSSR count). The van der Waals surface area contributed by atoms with Gasteiger partial charge >= 0.3 is 0 Å². The molecule has 1 heterocycles. The molecule has 0 saturated carbocycles. The Labute approximate surface area is 104 Å². The molecule has 0 bridgehead atoms. The summed E-state index contributed by atoms with van der Waals surface area (Å²) in [6.45, 7) is 4.62. The number of hydrogen-bond donors (Lipinski definition) is 1. The number of ether oxygens (including phenoxy) is 1. The van der Waals surface area contributed by atoms with Gasteiger partial charge in [-0.3, -0.25) is 4.79 Å². The van der Waals surface area contributed by atoms with Crippen molar-refractivity contribution < 1.29 is 14.6 Å². The SMILES string of the molecule is CN(CC(C)(C)O)C(=O)CCC1CCCCO1. The lowest BCUT2D eigenvalue weighted by Crippen LogP contribution is -2.40. The number of rotatable bonds is 5. The molecular weight excluding hydrogens is 218 g/mol. The number of likely N-dealkylation sites (N-methyl/N-ethyl adjacent to an activating group) is 1. The van der Waals surface area contributed by atoms with Crippen molar-refractivity contribution >= 4 is 5.91 Å². The van der Waals surface area contributed by atoms with Crippen LogP contribution in [0.2, 0.25) is 0 Å². The van der Waals surface area contributed by atoms with Crippen molar-refractivity contribution in [3.8, 4) is 0 Å². The van der Waals surface area contributed by atoms with Gasteiger partial charge in [0.2, 0.25) is 5.91 Å². The highest BCUT2D eigenvalue weighted by Crippen LogP contribution is 2.17. The van der Waals surface area contributed by atoms with Crippen LogP contribution in [0.4, 0.5) is 0 Å². The molecule has 1 atom stereocenters. The van der Waals surface area contributed by atoms with Gasteiger partial charge in [0.05, 0.1) is 11.7 Å². The summed E-state index contributed by atoms with van der Waals surface area (Å²) < 4.78 is 5.59. The van der Waals surface area contributed by atoms with Gasteiger partial charge in [-0.2, -0.15) is 0 Å². The first-order chi connectivity index (χ1) is 7.88. The molecule has 0 spiro atoms. The third-order valence-corrected chi connectivity index (χ3v) is 3.00. The van der Waals surface area contributed by atoms with Crippen LogP contribution in [-0.4, -0.2) is 47.8 Å². The zero-order chi connectivity index (χ0) is 12.9. The van der Waals surface area contributed by atoms with Crippen LogP contribution in [0.3, 0.4) is 0 Å². The van der Waals surface area contributed by atoms with Crippen LogP contribution in [0, 0.1) is 0 Å². The third kappa shape index (κ3) is 6.03. The van der Waals surface area contributed by atoms with Crippen LogP contribution in [0.15, 0.2) is 0 Å². The summed E-state index contributed by atoms with van der Waals surface area (Å²) in [5.41, 5.74) is -0.828. The Balaban J connectivity index is 2.23. The predicted octanol–water partition coefficient (Wildman–Crippen LogP) is 1.56.